The Hall–Kier alpha value is -1.26. The fourth-order valence-corrected chi connectivity index (χ4v) is 4.44. The Balaban J connectivity index is 0.00000312. The van der Waals surface area contributed by atoms with Crippen LogP contribution in [-0.4, -0.2) is 45.7 Å². The lowest BCUT2D eigenvalue weighted by atomic mass is 9.99. The van der Waals surface area contributed by atoms with E-state index in [0.29, 0.717) is 18.6 Å². The van der Waals surface area contributed by atoms with Crippen LogP contribution in [0.1, 0.15) is 25.3 Å². The molecule has 1 saturated heterocycles. The van der Waals surface area contributed by atoms with Crippen molar-refractivity contribution < 1.29 is 18.1 Å². The van der Waals surface area contributed by atoms with Crippen LogP contribution >= 0.6 is 12.4 Å². The number of benzene rings is 1. The number of halogens is 1. The number of aryl methyl sites for hydroxylation is 1. The van der Waals surface area contributed by atoms with Crippen molar-refractivity contribution in [2.75, 3.05) is 26.8 Å². The van der Waals surface area contributed by atoms with Crippen molar-refractivity contribution in [3.05, 3.63) is 33.9 Å². The molecule has 1 aromatic rings. The molecule has 0 amide bonds. The largest absolute Gasteiger partial charge is 0.383 e. The number of ether oxygens (including phenoxy) is 1. The third kappa shape index (κ3) is 5.11. The molecule has 1 aliphatic heterocycles. The minimum atomic E-state index is -3.85. The van der Waals surface area contributed by atoms with Crippen LogP contribution in [0.4, 0.5) is 5.69 Å². The molecule has 0 spiro atoms. The van der Waals surface area contributed by atoms with E-state index in [9.17, 15) is 18.5 Å². The zero-order valence-corrected chi connectivity index (χ0v) is 15.9. The third-order valence-corrected chi connectivity index (χ3v) is 5.77. The Labute approximate surface area is 153 Å². The average Bonchev–Trinajstić information content (AvgIpc) is 3.02. The van der Waals surface area contributed by atoms with Crippen LogP contribution in [0.5, 0.6) is 0 Å². The number of sulfonamides is 1. The molecule has 0 radical (unpaired) electrons. The molecule has 8 nitrogen and oxygen atoms in total. The fourth-order valence-electron chi connectivity index (χ4n) is 2.98. The fraction of sp³-hybridized carbons (Fsp3) is 0.600. The molecule has 0 saturated carbocycles. The summed E-state index contributed by atoms with van der Waals surface area (Å²) in [6.45, 7) is 3.19. The molecule has 1 fully saturated rings. The van der Waals surface area contributed by atoms with E-state index in [0.717, 1.165) is 25.5 Å². The van der Waals surface area contributed by atoms with Crippen molar-refractivity contribution in [2.45, 2.75) is 36.6 Å². The van der Waals surface area contributed by atoms with Crippen molar-refractivity contribution in [1.29, 1.82) is 0 Å². The highest BCUT2D eigenvalue weighted by molar-refractivity contribution is 7.89. The third-order valence-electron chi connectivity index (χ3n) is 4.29. The molecule has 0 aromatic heterocycles. The lowest BCUT2D eigenvalue weighted by Crippen LogP contribution is -2.52. The molecular formula is C15H24ClN3O5S. The van der Waals surface area contributed by atoms with Gasteiger partial charge in [0.1, 0.15) is 0 Å². The second-order valence-corrected chi connectivity index (χ2v) is 7.71. The van der Waals surface area contributed by atoms with Gasteiger partial charge in [0.25, 0.3) is 5.69 Å². The second kappa shape index (κ2) is 8.91. The number of nitro benzene ring substituents is 1. The molecule has 1 unspecified atom stereocenters. The van der Waals surface area contributed by atoms with E-state index in [-0.39, 0.29) is 29.5 Å². The van der Waals surface area contributed by atoms with E-state index < -0.39 is 20.5 Å². The molecule has 0 bridgehead atoms. The molecule has 1 heterocycles. The van der Waals surface area contributed by atoms with Gasteiger partial charge in [-0.2, -0.15) is 0 Å². The first-order valence-corrected chi connectivity index (χ1v) is 9.33. The Bertz CT molecular complexity index is 705. The first-order valence-electron chi connectivity index (χ1n) is 7.84. The average molecular weight is 394 g/mol. The number of hydrogen-bond acceptors (Lipinski definition) is 6. The van der Waals surface area contributed by atoms with Crippen molar-refractivity contribution in [3.8, 4) is 0 Å². The van der Waals surface area contributed by atoms with Crippen LogP contribution < -0.4 is 10.0 Å². The topological polar surface area (TPSA) is 111 Å². The summed E-state index contributed by atoms with van der Waals surface area (Å²) < 4.78 is 33.2. The van der Waals surface area contributed by atoms with Gasteiger partial charge in [-0.15, -0.1) is 12.4 Å². The Morgan fingerprint density at radius 1 is 1.44 bits per heavy atom. The van der Waals surface area contributed by atoms with Gasteiger partial charge in [-0.05, 0) is 31.4 Å². The summed E-state index contributed by atoms with van der Waals surface area (Å²) in [7, 11) is -2.28. The highest BCUT2D eigenvalue weighted by atomic mass is 35.5. The summed E-state index contributed by atoms with van der Waals surface area (Å²) in [5, 5.41) is 14.2. The van der Waals surface area contributed by atoms with E-state index in [1.807, 2.05) is 6.92 Å². The van der Waals surface area contributed by atoms with Gasteiger partial charge in [-0.1, -0.05) is 13.0 Å². The highest BCUT2D eigenvalue weighted by Gasteiger charge is 2.35. The number of nitrogens with zero attached hydrogens (tertiary/aromatic N) is 1. The van der Waals surface area contributed by atoms with Crippen LogP contribution in [0, 0.1) is 10.1 Å². The maximum atomic E-state index is 12.7. The van der Waals surface area contributed by atoms with Gasteiger partial charge < -0.3 is 10.1 Å². The molecule has 1 aliphatic rings. The maximum absolute atomic E-state index is 12.7. The standard InChI is InChI=1S/C15H23N3O5S.ClH/c1-3-12-5-6-13(18(19)20)9-14(12)24(21,22)17-10-15(11-23-2)7-4-8-16-15;/h5-6,9,16-17H,3-4,7-8,10-11H2,1-2H3;1H. The van der Waals surface area contributed by atoms with E-state index in [2.05, 4.69) is 10.0 Å². The molecule has 25 heavy (non-hydrogen) atoms. The summed E-state index contributed by atoms with van der Waals surface area (Å²) in [5.41, 5.74) is -0.124. The predicted octanol–water partition coefficient (Wildman–Crippen LogP) is 1.63. The van der Waals surface area contributed by atoms with E-state index in [1.165, 1.54) is 12.1 Å². The van der Waals surface area contributed by atoms with E-state index in [1.54, 1.807) is 7.11 Å². The first-order chi connectivity index (χ1) is 11.3. The van der Waals surface area contributed by atoms with E-state index in [4.69, 9.17) is 4.74 Å². The summed E-state index contributed by atoms with van der Waals surface area (Å²) in [6, 6.07) is 3.93. The lowest BCUT2D eigenvalue weighted by Gasteiger charge is -2.29. The van der Waals surface area contributed by atoms with Crippen molar-refractivity contribution in [2.24, 2.45) is 0 Å². The summed E-state index contributed by atoms with van der Waals surface area (Å²) >= 11 is 0. The van der Waals surface area contributed by atoms with Gasteiger partial charge in [0.05, 0.1) is 22.0 Å². The number of rotatable bonds is 8. The van der Waals surface area contributed by atoms with Gasteiger partial charge in [0, 0.05) is 25.8 Å². The van der Waals surface area contributed by atoms with Gasteiger partial charge in [0.15, 0.2) is 0 Å². The Morgan fingerprint density at radius 2 is 2.16 bits per heavy atom. The van der Waals surface area contributed by atoms with Crippen molar-refractivity contribution in [3.63, 3.8) is 0 Å². The zero-order chi connectivity index (χ0) is 17.8. The Kier molecular flexibility index (Phi) is 7.76. The summed E-state index contributed by atoms with van der Waals surface area (Å²) in [5.74, 6) is 0. The van der Waals surface area contributed by atoms with Crippen LogP contribution in [0.2, 0.25) is 0 Å². The minimum Gasteiger partial charge on any atom is -0.383 e. The highest BCUT2D eigenvalue weighted by Crippen LogP contribution is 2.24. The summed E-state index contributed by atoms with van der Waals surface area (Å²) in [6.07, 6.45) is 2.22. The number of methoxy groups -OCH3 is 1. The SMILES string of the molecule is CCc1ccc([N+](=O)[O-])cc1S(=O)(=O)NCC1(COC)CCCN1.Cl. The van der Waals surface area contributed by atoms with Gasteiger partial charge in [-0.25, -0.2) is 13.1 Å². The second-order valence-electron chi connectivity index (χ2n) is 5.97. The summed E-state index contributed by atoms with van der Waals surface area (Å²) in [4.78, 5) is 10.3. The Morgan fingerprint density at radius 3 is 2.68 bits per heavy atom. The predicted molar refractivity (Wildman–Crippen MR) is 96.8 cm³/mol. The maximum Gasteiger partial charge on any atom is 0.270 e. The van der Waals surface area contributed by atoms with E-state index >= 15 is 0 Å². The van der Waals surface area contributed by atoms with Crippen molar-refractivity contribution in [1.82, 2.24) is 10.0 Å². The van der Waals surface area contributed by atoms with Crippen LogP contribution in [0.25, 0.3) is 0 Å². The molecule has 1 atom stereocenters. The molecule has 2 rings (SSSR count). The lowest BCUT2D eigenvalue weighted by molar-refractivity contribution is -0.385. The first kappa shape index (κ1) is 21.8. The zero-order valence-electron chi connectivity index (χ0n) is 14.3. The van der Waals surface area contributed by atoms with Gasteiger partial charge >= 0.3 is 0 Å². The molecule has 0 aliphatic carbocycles. The van der Waals surface area contributed by atoms with Gasteiger partial charge in [0.2, 0.25) is 10.0 Å². The quantitative estimate of drug-likeness (QED) is 0.513. The van der Waals surface area contributed by atoms with Crippen LogP contribution in [0.3, 0.4) is 0 Å². The number of hydrogen-bond donors (Lipinski definition) is 2. The monoisotopic (exact) mass is 393 g/mol. The minimum absolute atomic E-state index is 0. The van der Waals surface area contributed by atoms with Crippen LogP contribution in [-0.2, 0) is 21.2 Å². The number of nitrogens with one attached hydrogen (secondary N) is 2. The number of nitro groups is 1. The van der Waals surface area contributed by atoms with Crippen LogP contribution in [0.15, 0.2) is 23.1 Å². The molecule has 1 aromatic carbocycles. The number of non-ortho nitro benzene ring substituents is 1. The normalized spacial score (nSPS) is 20.2. The van der Waals surface area contributed by atoms with Crippen molar-refractivity contribution >= 4 is 28.1 Å². The smallest absolute Gasteiger partial charge is 0.270 e. The van der Waals surface area contributed by atoms with Gasteiger partial charge in [-0.3, -0.25) is 10.1 Å². The molecular weight excluding hydrogens is 370 g/mol. The molecule has 10 heteroatoms. The molecule has 2 N–H and O–H groups in total. The molecule has 142 valence electrons.